The molecule has 0 aliphatic heterocycles. The average molecular weight is 333 g/mol. The fourth-order valence-corrected chi connectivity index (χ4v) is 3.60. The molecule has 0 fully saturated rings. The summed E-state index contributed by atoms with van der Waals surface area (Å²) in [6, 6.07) is 4.89. The number of nitrogens with zero attached hydrogens (tertiary/aromatic N) is 1. The lowest BCUT2D eigenvalue weighted by molar-refractivity contribution is 0.592. The first-order valence-corrected chi connectivity index (χ1v) is 8.66. The van der Waals surface area contributed by atoms with E-state index in [0.29, 0.717) is 28.5 Å². The van der Waals surface area contributed by atoms with Crippen molar-refractivity contribution < 1.29 is 8.42 Å². The number of H-pyrrole nitrogens is 1. The van der Waals surface area contributed by atoms with Gasteiger partial charge in [0.15, 0.2) is 9.84 Å². The van der Waals surface area contributed by atoms with Crippen LogP contribution in [-0.4, -0.2) is 24.4 Å². The van der Waals surface area contributed by atoms with E-state index in [2.05, 4.69) is 10.2 Å². The van der Waals surface area contributed by atoms with E-state index in [-0.39, 0.29) is 11.5 Å². The first-order valence-electron chi connectivity index (χ1n) is 6.08. The van der Waals surface area contributed by atoms with Crippen molar-refractivity contribution in [1.82, 2.24) is 10.2 Å². The number of benzene rings is 1. The summed E-state index contributed by atoms with van der Waals surface area (Å²) >= 11 is 11.7. The topological polar surface area (TPSA) is 62.8 Å². The van der Waals surface area contributed by atoms with Crippen molar-refractivity contribution in [2.45, 2.75) is 18.6 Å². The largest absolute Gasteiger partial charge is 0.285 e. The third-order valence-corrected chi connectivity index (χ3v) is 5.27. The third-order valence-electron chi connectivity index (χ3n) is 2.85. The highest BCUT2D eigenvalue weighted by Gasteiger charge is 2.13. The summed E-state index contributed by atoms with van der Waals surface area (Å²) in [5.41, 5.74) is 1.66. The Labute approximate surface area is 128 Å². The number of sulfone groups is 1. The molecular weight excluding hydrogens is 319 g/mol. The molecule has 0 amide bonds. The highest BCUT2D eigenvalue weighted by atomic mass is 35.5. The van der Waals surface area contributed by atoms with Gasteiger partial charge in [-0.1, -0.05) is 29.3 Å². The summed E-state index contributed by atoms with van der Waals surface area (Å²) in [7, 11) is -3.15. The lowest BCUT2D eigenvalue weighted by Crippen LogP contribution is -2.10. The normalized spacial score (nSPS) is 11.7. The van der Waals surface area contributed by atoms with Crippen molar-refractivity contribution >= 4 is 33.0 Å². The van der Waals surface area contributed by atoms with Crippen LogP contribution in [0.1, 0.15) is 17.5 Å². The molecule has 0 unspecified atom stereocenters. The number of rotatable bonds is 6. The highest BCUT2D eigenvalue weighted by molar-refractivity contribution is 7.90. The lowest BCUT2D eigenvalue weighted by Gasteiger charge is -2.05. The van der Waals surface area contributed by atoms with Gasteiger partial charge in [-0.3, -0.25) is 5.10 Å². The Morgan fingerprint density at radius 3 is 2.60 bits per heavy atom. The molecule has 0 spiro atoms. The number of nitrogens with one attached hydrogen (secondary N) is 1. The summed E-state index contributed by atoms with van der Waals surface area (Å²) in [5, 5.41) is 7.32. The molecule has 0 radical (unpaired) electrons. The molecular formula is C13H14Cl2N2O2S. The standard InChI is InChI=1S/C13H14Cl2N2O2S/c14-12-4-3-10(6-13(12)15)9-20(18,19)5-1-2-11-7-16-17-8-11/h3-4,6-8H,1-2,5,9H2,(H,16,17). The van der Waals surface area contributed by atoms with Crippen LogP contribution in [-0.2, 0) is 22.0 Å². The monoisotopic (exact) mass is 332 g/mol. The Hall–Kier alpha value is -1.04. The van der Waals surface area contributed by atoms with Gasteiger partial charge < -0.3 is 0 Å². The molecule has 0 bridgehead atoms. The number of hydrogen-bond donors (Lipinski definition) is 1. The van der Waals surface area contributed by atoms with E-state index in [1.807, 2.05) is 0 Å². The first-order chi connectivity index (χ1) is 9.46. The summed E-state index contributed by atoms with van der Waals surface area (Å²) in [6.07, 6.45) is 4.73. The maximum Gasteiger partial charge on any atom is 0.154 e. The maximum absolute atomic E-state index is 12.0. The van der Waals surface area contributed by atoms with E-state index in [0.717, 1.165) is 5.56 Å². The Morgan fingerprint density at radius 1 is 1.15 bits per heavy atom. The van der Waals surface area contributed by atoms with Crippen molar-refractivity contribution in [3.05, 3.63) is 51.8 Å². The van der Waals surface area contributed by atoms with E-state index in [1.54, 1.807) is 30.6 Å². The van der Waals surface area contributed by atoms with Crippen LogP contribution in [0.2, 0.25) is 10.0 Å². The van der Waals surface area contributed by atoms with E-state index in [4.69, 9.17) is 23.2 Å². The smallest absolute Gasteiger partial charge is 0.154 e. The molecule has 1 heterocycles. The van der Waals surface area contributed by atoms with Crippen molar-refractivity contribution in [2.75, 3.05) is 5.75 Å². The van der Waals surface area contributed by atoms with Crippen LogP contribution in [0.15, 0.2) is 30.6 Å². The second-order valence-electron chi connectivity index (χ2n) is 4.55. The lowest BCUT2D eigenvalue weighted by atomic mass is 10.2. The molecule has 0 saturated heterocycles. The van der Waals surface area contributed by atoms with Gasteiger partial charge in [0, 0.05) is 6.20 Å². The van der Waals surface area contributed by atoms with Crippen LogP contribution in [0.3, 0.4) is 0 Å². The van der Waals surface area contributed by atoms with Crippen LogP contribution in [0.5, 0.6) is 0 Å². The molecule has 0 aliphatic carbocycles. The minimum absolute atomic E-state index is 0.0186. The van der Waals surface area contributed by atoms with Crippen LogP contribution in [0.25, 0.3) is 0 Å². The summed E-state index contributed by atoms with van der Waals surface area (Å²) < 4.78 is 24.1. The number of aryl methyl sites for hydroxylation is 1. The summed E-state index contributed by atoms with van der Waals surface area (Å²) in [5.74, 6) is 0.119. The van der Waals surface area contributed by atoms with E-state index in [9.17, 15) is 8.42 Å². The Balaban J connectivity index is 1.91. The van der Waals surface area contributed by atoms with Gasteiger partial charge in [-0.25, -0.2) is 8.42 Å². The van der Waals surface area contributed by atoms with E-state index in [1.165, 1.54) is 0 Å². The minimum atomic E-state index is -3.15. The molecule has 0 aliphatic rings. The van der Waals surface area contributed by atoms with Gasteiger partial charge in [-0.05, 0) is 36.1 Å². The predicted octanol–water partition coefficient (Wildman–Crippen LogP) is 3.26. The fourth-order valence-electron chi connectivity index (χ4n) is 1.87. The van der Waals surface area contributed by atoms with Crippen molar-refractivity contribution in [3.63, 3.8) is 0 Å². The van der Waals surface area contributed by atoms with Gasteiger partial charge >= 0.3 is 0 Å². The van der Waals surface area contributed by atoms with Crippen molar-refractivity contribution in [1.29, 1.82) is 0 Å². The van der Waals surface area contributed by atoms with E-state index >= 15 is 0 Å². The first kappa shape index (κ1) is 15.4. The van der Waals surface area contributed by atoms with Crippen LogP contribution < -0.4 is 0 Å². The predicted molar refractivity (Wildman–Crippen MR) is 80.9 cm³/mol. The van der Waals surface area contributed by atoms with Gasteiger partial charge in [-0.2, -0.15) is 5.10 Å². The molecule has 0 atom stereocenters. The fraction of sp³-hybridized carbons (Fsp3) is 0.308. The van der Waals surface area contributed by atoms with Crippen molar-refractivity contribution in [2.24, 2.45) is 0 Å². The molecule has 1 aromatic carbocycles. The number of halogens is 2. The van der Waals surface area contributed by atoms with Gasteiger partial charge in [0.1, 0.15) is 0 Å². The Bertz CT molecular complexity index is 670. The zero-order valence-corrected chi connectivity index (χ0v) is 13.0. The third kappa shape index (κ3) is 4.51. The molecule has 1 aromatic heterocycles. The number of hydrogen-bond acceptors (Lipinski definition) is 3. The molecule has 4 nitrogen and oxygen atoms in total. The SMILES string of the molecule is O=S(=O)(CCCc1cn[nH]c1)Cc1ccc(Cl)c(Cl)c1. The van der Waals surface area contributed by atoms with Gasteiger partial charge in [0.2, 0.25) is 0 Å². The van der Waals surface area contributed by atoms with Crippen LogP contribution in [0, 0.1) is 0 Å². The highest BCUT2D eigenvalue weighted by Crippen LogP contribution is 2.23. The van der Waals surface area contributed by atoms with Gasteiger partial charge in [0.25, 0.3) is 0 Å². The van der Waals surface area contributed by atoms with E-state index < -0.39 is 9.84 Å². The minimum Gasteiger partial charge on any atom is -0.285 e. The molecule has 7 heteroatoms. The molecule has 108 valence electrons. The van der Waals surface area contributed by atoms with Gasteiger partial charge in [0.05, 0.1) is 27.7 Å². The molecule has 2 aromatic rings. The Kier molecular flexibility index (Phi) is 5.07. The van der Waals surface area contributed by atoms with Crippen LogP contribution >= 0.6 is 23.2 Å². The molecule has 0 saturated carbocycles. The summed E-state index contributed by atoms with van der Waals surface area (Å²) in [6.45, 7) is 0. The molecule has 2 rings (SSSR count). The number of aromatic amines is 1. The Morgan fingerprint density at radius 2 is 1.95 bits per heavy atom. The molecule has 20 heavy (non-hydrogen) atoms. The zero-order valence-electron chi connectivity index (χ0n) is 10.6. The average Bonchev–Trinajstić information content (AvgIpc) is 2.86. The quantitative estimate of drug-likeness (QED) is 0.882. The zero-order chi connectivity index (χ0) is 14.6. The second-order valence-corrected chi connectivity index (χ2v) is 7.55. The number of aromatic nitrogens is 2. The molecule has 1 N–H and O–H groups in total. The maximum atomic E-state index is 12.0. The van der Waals surface area contributed by atoms with Crippen LogP contribution in [0.4, 0.5) is 0 Å². The summed E-state index contributed by atoms with van der Waals surface area (Å²) in [4.78, 5) is 0. The second kappa shape index (κ2) is 6.61. The van der Waals surface area contributed by atoms with Gasteiger partial charge in [-0.15, -0.1) is 0 Å². The van der Waals surface area contributed by atoms with Crippen molar-refractivity contribution in [3.8, 4) is 0 Å².